The van der Waals surface area contributed by atoms with Crippen molar-refractivity contribution < 1.29 is 9.59 Å². The molecule has 1 saturated heterocycles. The van der Waals surface area contributed by atoms with Gasteiger partial charge in [0.25, 0.3) is 11.8 Å². The van der Waals surface area contributed by atoms with E-state index in [1.807, 2.05) is 24.3 Å². The maximum Gasteiger partial charge on any atom is 0.260 e. The molecule has 0 aliphatic carbocycles. The molecule has 0 bridgehead atoms. The predicted octanol–water partition coefficient (Wildman–Crippen LogP) is 2.77. The second-order valence-electron chi connectivity index (χ2n) is 7.01. The lowest BCUT2D eigenvalue weighted by Gasteiger charge is -2.34. The molecular weight excluding hydrogens is 467 g/mol. The van der Waals surface area contributed by atoms with Gasteiger partial charge in [0.05, 0.1) is 5.57 Å². The molecule has 2 aliphatic heterocycles. The summed E-state index contributed by atoms with van der Waals surface area (Å²) in [6, 6.07) is 13.7. The number of benzene rings is 2. The van der Waals surface area contributed by atoms with E-state index in [2.05, 4.69) is 62.2 Å². The third-order valence-corrected chi connectivity index (χ3v) is 5.78. The van der Waals surface area contributed by atoms with E-state index in [4.69, 9.17) is 0 Å². The molecule has 0 aromatic heterocycles. The third-order valence-electron chi connectivity index (χ3n) is 5.11. The maximum atomic E-state index is 12.3. The first-order chi connectivity index (χ1) is 13.5. The van der Waals surface area contributed by atoms with Crippen molar-refractivity contribution in [2.45, 2.75) is 0 Å². The number of amides is 2. The Hall–Kier alpha value is -2.39. The minimum Gasteiger partial charge on any atom is -0.369 e. The van der Waals surface area contributed by atoms with Gasteiger partial charge in [-0.1, -0.05) is 0 Å². The highest BCUT2D eigenvalue weighted by atomic mass is 127. The van der Waals surface area contributed by atoms with Crippen LogP contribution in [0.3, 0.4) is 0 Å². The van der Waals surface area contributed by atoms with Crippen LogP contribution in [0.4, 0.5) is 11.4 Å². The highest BCUT2D eigenvalue weighted by molar-refractivity contribution is 14.1. The van der Waals surface area contributed by atoms with Crippen LogP contribution in [0.1, 0.15) is 15.9 Å². The second kappa shape index (κ2) is 7.92. The first-order valence-electron chi connectivity index (χ1n) is 9.17. The van der Waals surface area contributed by atoms with Crippen molar-refractivity contribution >= 4 is 51.4 Å². The van der Waals surface area contributed by atoms with E-state index >= 15 is 0 Å². The number of anilines is 2. The smallest absolute Gasteiger partial charge is 0.260 e. The monoisotopic (exact) mass is 488 g/mol. The second-order valence-corrected chi connectivity index (χ2v) is 8.26. The molecular formula is C21H21IN4O2. The lowest BCUT2D eigenvalue weighted by molar-refractivity contribution is -0.114. The number of piperazine rings is 1. The van der Waals surface area contributed by atoms with Gasteiger partial charge in [-0.15, -0.1) is 0 Å². The number of fused-ring (bicyclic) bond motifs is 1. The molecule has 6 nitrogen and oxygen atoms in total. The Bertz CT molecular complexity index is 947. The standard InChI is InChI=1S/C21H21IN4O2/c1-25-8-10-26(11-9-25)16-5-3-15(4-6-16)23-13-19-18-12-14(22)2-7-17(18)20(27)24-21(19)28/h2-7,12-13,23H,8-11H2,1H3,(H,24,27,28)/b19-13-. The largest absolute Gasteiger partial charge is 0.369 e. The summed E-state index contributed by atoms with van der Waals surface area (Å²) in [6.07, 6.45) is 1.67. The molecule has 7 heteroatoms. The van der Waals surface area contributed by atoms with Gasteiger partial charge in [-0.2, -0.15) is 0 Å². The van der Waals surface area contributed by atoms with Gasteiger partial charge in [-0.3, -0.25) is 14.9 Å². The number of hydrogen-bond acceptors (Lipinski definition) is 5. The summed E-state index contributed by atoms with van der Waals surface area (Å²) in [6.45, 7) is 4.18. The lowest BCUT2D eigenvalue weighted by atomic mass is 9.95. The van der Waals surface area contributed by atoms with Gasteiger partial charge in [0.15, 0.2) is 0 Å². The van der Waals surface area contributed by atoms with Crippen LogP contribution in [0.2, 0.25) is 0 Å². The molecule has 0 atom stereocenters. The van der Waals surface area contributed by atoms with Crippen molar-refractivity contribution in [1.29, 1.82) is 0 Å². The summed E-state index contributed by atoms with van der Waals surface area (Å²) in [5, 5.41) is 5.59. The molecule has 0 saturated carbocycles. The SMILES string of the molecule is CN1CCN(c2ccc(N/C=C3\C(=O)NC(=O)c4ccc(I)cc43)cc2)CC1. The van der Waals surface area contributed by atoms with Crippen molar-refractivity contribution in [3.05, 3.63) is 63.4 Å². The third kappa shape index (κ3) is 3.90. The van der Waals surface area contributed by atoms with Crippen LogP contribution in [0.25, 0.3) is 5.57 Å². The van der Waals surface area contributed by atoms with Crippen LogP contribution in [-0.2, 0) is 4.79 Å². The predicted molar refractivity (Wildman–Crippen MR) is 119 cm³/mol. The Morgan fingerprint density at radius 3 is 2.39 bits per heavy atom. The Morgan fingerprint density at radius 2 is 1.68 bits per heavy atom. The Balaban J connectivity index is 1.53. The summed E-state index contributed by atoms with van der Waals surface area (Å²) in [5.41, 5.74) is 3.71. The number of likely N-dealkylation sites (N-methyl/N-ethyl adjacent to an activating group) is 1. The minimum absolute atomic E-state index is 0.356. The number of nitrogens with zero attached hydrogens (tertiary/aromatic N) is 2. The van der Waals surface area contributed by atoms with Gasteiger partial charge < -0.3 is 15.1 Å². The van der Waals surface area contributed by atoms with Crippen LogP contribution in [0, 0.1) is 3.57 Å². The minimum atomic E-state index is -0.388. The Morgan fingerprint density at radius 1 is 0.964 bits per heavy atom. The number of imide groups is 1. The molecule has 28 heavy (non-hydrogen) atoms. The fraction of sp³-hybridized carbons (Fsp3) is 0.238. The number of carbonyl (C=O) groups is 2. The molecule has 2 amide bonds. The van der Waals surface area contributed by atoms with Crippen molar-refractivity contribution in [3.63, 3.8) is 0 Å². The van der Waals surface area contributed by atoms with Crippen LogP contribution < -0.4 is 15.5 Å². The van der Waals surface area contributed by atoms with Gasteiger partial charge in [0.1, 0.15) is 0 Å². The fourth-order valence-corrected chi connectivity index (χ4v) is 3.92. The average Bonchev–Trinajstić information content (AvgIpc) is 2.68. The average molecular weight is 488 g/mol. The zero-order chi connectivity index (χ0) is 19.7. The first kappa shape index (κ1) is 18.9. The van der Waals surface area contributed by atoms with Crippen LogP contribution >= 0.6 is 22.6 Å². The van der Waals surface area contributed by atoms with E-state index in [-0.39, 0.29) is 11.8 Å². The highest BCUT2D eigenvalue weighted by Crippen LogP contribution is 2.26. The first-order valence-corrected chi connectivity index (χ1v) is 10.2. The Labute approximate surface area is 177 Å². The van der Waals surface area contributed by atoms with Gasteiger partial charge in [-0.05, 0) is 72.1 Å². The zero-order valence-electron chi connectivity index (χ0n) is 15.5. The van der Waals surface area contributed by atoms with E-state index in [0.29, 0.717) is 16.7 Å². The van der Waals surface area contributed by atoms with E-state index in [1.54, 1.807) is 12.3 Å². The van der Waals surface area contributed by atoms with Crippen LogP contribution in [-0.4, -0.2) is 49.9 Å². The Kier molecular flexibility index (Phi) is 5.36. The maximum absolute atomic E-state index is 12.3. The van der Waals surface area contributed by atoms with Gasteiger partial charge in [-0.25, -0.2) is 0 Å². The number of hydrogen-bond donors (Lipinski definition) is 2. The van der Waals surface area contributed by atoms with Crippen molar-refractivity contribution in [2.75, 3.05) is 43.4 Å². The van der Waals surface area contributed by atoms with Crippen LogP contribution in [0.5, 0.6) is 0 Å². The van der Waals surface area contributed by atoms with Crippen molar-refractivity contribution in [1.82, 2.24) is 10.2 Å². The lowest BCUT2D eigenvalue weighted by Crippen LogP contribution is -2.44. The molecule has 2 aromatic rings. The normalized spacial score (nSPS) is 18.8. The van der Waals surface area contributed by atoms with E-state index < -0.39 is 0 Å². The summed E-state index contributed by atoms with van der Waals surface area (Å²) in [7, 11) is 2.14. The molecule has 2 N–H and O–H groups in total. The molecule has 4 rings (SSSR count). The van der Waals surface area contributed by atoms with Gasteiger partial charge >= 0.3 is 0 Å². The van der Waals surface area contributed by atoms with E-state index in [0.717, 1.165) is 35.4 Å². The molecule has 0 spiro atoms. The molecule has 144 valence electrons. The van der Waals surface area contributed by atoms with Crippen molar-refractivity contribution in [2.24, 2.45) is 0 Å². The summed E-state index contributed by atoms with van der Waals surface area (Å²) in [4.78, 5) is 29.1. The summed E-state index contributed by atoms with van der Waals surface area (Å²) >= 11 is 2.18. The molecule has 2 heterocycles. The number of nitrogens with one attached hydrogen (secondary N) is 2. The van der Waals surface area contributed by atoms with Gasteiger partial charge in [0.2, 0.25) is 0 Å². The number of carbonyl (C=O) groups excluding carboxylic acids is 2. The molecule has 0 radical (unpaired) electrons. The molecule has 0 unspecified atom stereocenters. The molecule has 1 fully saturated rings. The quantitative estimate of drug-likeness (QED) is 0.396. The number of rotatable bonds is 3. The van der Waals surface area contributed by atoms with Crippen LogP contribution in [0.15, 0.2) is 48.7 Å². The van der Waals surface area contributed by atoms with E-state index in [9.17, 15) is 9.59 Å². The molecule has 2 aliphatic rings. The summed E-state index contributed by atoms with van der Waals surface area (Å²) < 4.78 is 0.973. The topological polar surface area (TPSA) is 64.7 Å². The fourth-order valence-electron chi connectivity index (χ4n) is 3.43. The van der Waals surface area contributed by atoms with Gasteiger partial charge in [0, 0.05) is 58.5 Å². The zero-order valence-corrected chi connectivity index (χ0v) is 17.7. The molecule has 2 aromatic carbocycles. The van der Waals surface area contributed by atoms with Crippen molar-refractivity contribution in [3.8, 4) is 0 Å². The summed E-state index contributed by atoms with van der Waals surface area (Å²) in [5.74, 6) is -0.744. The number of halogens is 1. The van der Waals surface area contributed by atoms with E-state index in [1.165, 1.54) is 5.69 Å². The highest BCUT2D eigenvalue weighted by Gasteiger charge is 2.27.